The minimum Gasteiger partial charge on any atom is -0.479 e. The van der Waals surface area contributed by atoms with Crippen LogP contribution < -0.4 is 15.4 Å². The molecule has 110 valence electrons. The number of carbonyl (C=O) groups is 1. The molecular formula is C15H21ClN2O2. The molecule has 2 unspecified atom stereocenters. The highest BCUT2D eigenvalue weighted by Gasteiger charge is 2.23. The molecule has 1 aliphatic heterocycles. The summed E-state index contributed by atoms with van der Waals surface area (Å²) in [6.07, 6.45) is 2.21. The Bertz CT molecular complexity index is 447. The third kappa shape index (κ3) is 4.12. The second-order valence-corrected chi connectivity index (χ2v) is 5.40. The normalized spacial score (nSPS) is 20.2. The van der Waals surface area contributed by atoms with E-state index >= 15 is 0 Å². The van der Waals surface area contributed by atoms with Gasteiger partial charge < -0.3 is 15.4 Å². The van der Waals surface area contributed by atoms with E-state index in [9.17, 15) is 4.79 Å². The molecule has 5 heteroatoms. The van der Waals surface area contributed by atoms with Gasteiger partial charge in [-0.3, -0.25) is 4.79 Å². The van der Waals surface area contributed by atoms with Crippen molar-refractivity contribution in [1.29, 1.82) is 0 Å². The molecule has 1 saturated heterocycles. The fraction of sp³-hybridized carbons (Fsp3) is 0.533. The number of nitrogens with one attached hydrogen (secondary N) is 2. The number of halogens is 1. The van der Waals surface area contributed by atoms with Crippen molar-refractivity contribution in [3.8, 4) is 5.75 Å². The molecule has 1 aliphatic rings. The van der Waals surface area contributed by atoms with Crippen LogP contribution >= 0.6 is 11.6 Å². The standard InChI is InChI=1S/C15H21ClN2O2/c1-2-13(20-14-8-4-3-7-12(14)16)15(19)18-11-6-5-9-17-10-11/h3-4,7-8,11,13,17H,2,5-6,9-10H2,1H3,(H,18,19). The molecule has 0 bridgehead atoms. The van der Waals surface area contributed by atoms with Crippen LogP contribution in [0.4, 0.5) is 0 Å². The van der Waals surface area contributed by atoms with Gasteiger partial charge in [0.1, 0.15) is 5.75 Å². The van der Waals surface area contributed by atoms with Gasteiger partial charge in [-0.15, -0.1) is 0 Å². The maximum Gasteiger partial charge on any atom is 0.261 e. The summed E-state index contributed by atoms with van der Waals surface area (Å²) in [5.41, 5.74) is 0. The quantitative estimate of drug-likeness (QED) is 0.877. The zero-order valence-corrected chi connectivity index (χ0v) is 12.5. The van der Waals surface area contributed by atoms with E-state index in [2.05, 4.69) is 10.6 Å². The molecule has 0 radical (unpaired) electrons. The number of rotatable bonds is 5. The van der Waals surface area contributed by atoms with Gasteiger partial charge in [0.2, 0.25) is 0 Å². The number of piperidine rings is 1. The van der Waals surface area contributed by atoms with Gasteiger partial charge in [0, 0.05) is 12.6 Å². The van der Waals surface area contributed by atoms with Crippen molar-refractivity contribution in [2.24, 2.45) is 0 Å². The summed E-state index contributed by atoms with van der Waals surface area (Å²) in [6, 6.07) is 7.41. The molecule has 1 aromatic rings. The van der Waals surface area contributed by atoms with Crippen molar-refractivity contribution < 1.29 is 9.53 Å². The Morgan fingerprint density at radius 3 is 3.00 bits per heavy atom. The smallest absolute Gasteiger partial charge is 0.261 e. The van der Waals surface area contributed by atoms with E-state index in [1.54, 1.807) is 12.1 Å². The number of carbonyl (C=O) groups excluding carboxylic acids is 1. The Morgan fingerprint density at radius 2 is 2.35 bits per heavy atom. The number of hydrogen-bond acceptors (Lipinski definition) is 3. The van der Waals surface area contributed by atoms with Crippen molar-refractivity contribution in [3.63, 3.8) is 0 Å². The highest BCUT2D eigenvalue weighted by atomic mass is 35.5. The number of benzene rings is 1. The monoisotopic (exact) mass is 296 g/mol. The number of hydrogen-bond donors (Lipinski definition) is 2. The molecule has 2 N–H and O–H groups in total. The van der Waals surface area contributed by atoms with Gasteiger partial charge in [-0.2, -0.15) is 0 Å². The van der Waals surface area contributed by atoms with E-state index in [0.29, 0.717) is 17.2 Å². The molecule has 0 saturated carbocycles. The first-order valence-electron chi connectivity index (χ1n) is 7.13. The van der Waals surface area contributed by atoms with Gasteiger partial charge in [0.25, 0.3) is 5.91 Å². The molecule has 0 aromatic heterocycles. The summed E-state index contributed by atoms with van der Waals surface area (Å²) in [5, 5.41) is 6.85. The Kier molecular flexibility index (Phi) is 5.68. The van der Waals surface area contributed by atoms with Crippen molar-refractivity contribution in [2.45, 2.75) is 38.3 Å². The highest BCUT2D eigenvalue weighted by molar-refractivity contribution is 6.32. The zero-order valence-electron chi connectivity index (χ0n) is 11.7. The Labute approximate surface area is 124 Å². The predicted molar refractivity (Wildman–Crippen MR) is 80.2 cm³/mol. The van der Waals surface area contributed by atoms with E-state index in [1.807, 2.05) is 19.1 Å². The van der Waals surface area contributed by atoms with Gasteiger partial charge >= 0.3 is 0 Å². The average Bonchev–Trinajstić information content (AvgIpc) is 2.47. The van der Waals surface area contributed by atoms with E-state index in [-0.39, 0.29) is 11.9 Å². The maximum absolute atomic E-state index is 12.3. The van der Waals surface area contributed by atoms with E-state index in [4.69, 9.17) is 16.3 Å². The van der Waals surface area contributed by atoms with Crippen LogP contribution in [0, 0.1) is 0 Å². The molecule has 2 rings (SSSR count). The average molecular weight is 297 g/mol. The molecule has 1 amide bonds. The lowest BCUT2D eigenvalue weighted by Crippen LogP contribution is -2.49. The first-order chi connectivity index (χ1) is 9.70. The molecule has 4 nitrogen and oxygen atoms in total. The molecule has 1 aromatic carbocycles. The first kappa shape index (κ1) is 15.1. The minimum absolute atomic E-state index is 0.0684. The summed E-state index contributed by atoms with van der Waals surface area (Å²) >= 11 is 6.06. The molecule has 20 heavy (non-hydrogen) atoms. The Balaban J connectivity index is 1.93. The maximum atomic E-state index is 12.3. The van der Waals surface area contributed by atoms with Crippen LogP contribution in [0.1, 0.15) is 26.2 Å². The first-order valence-corrected chi connectivity index (χ1v) is 7.50. The van der Waals surface area contributed by atoms with Crippen molar-refractivity contribution in [1.82, 2.24) is 10.6 Å². The van der Waals surface area contributed by atoms with Crippen molar-refractivity contribution in [3.05, 3.63) is 29.3 Å². The highest BCUT2D eigenvalue weighted by Crippen LogP contribution is 2.24. The van der Waals surface area contributed by atoms with E-state index in [0.717, 1.165) is 25.9 Å². The fourth-order valence-electron chi connectivity index (χ4n) is 2.28. The predicted octanol–water partition coefficient (Wildman–Crippen LogP) is 2.37. The molecule has 1 heterocycles. The lowest BCUT2D eigenvalue weighted by Gasteiger charge is -2.26. The Hall–Kier alpha value is -1.26. The number of amides is 1. The van der Waals surface area contributed by atoms with Gasteiger partial charge in [-0.05, 0) is 37.9 Å². The van der Waals surface area contributed by atoms with Gasteiger partial charge in [-0.25, -0.2) is 0 Å². The number of ether oxygens (including phenoxy) is 1. The van der Waals surface area contributed by atoms with Crippen LogP contribution in [0.15, 0.2) is 24.3 Å². The summed E-state index contributed by atoms with van der Waals surface area (Å²) in [4.78, 5) is 12.3. The Morgan fingerprint density at radius 1 is 1.55 bits per heavy atom. The molecule has 0 spiro atoms. The molecule has 1 fully saturated rings. The molecule has 0 aliphatic carbocycles. The van der Waals surface area contributed by atoms with Crippen LogP contribution in [0.25, 0.3) is 0 Å². The zero-order chi connectivity index (χ0) is 14.4. The lowest BCUT2D eigenvalue weighted by atomic mass is 10.1. The number of para-hydroxylation sites is 1. The lowest BCUT2D eigenvalue weighted by molar-refractivity contribution is -0.129. The van der Waals surface area contributed by atoms with Gasteiger partial charge in [0.15, 0.2) is 6.10 Å². The molecule has 2 atom stereocenters. The SMILES string of the molecule is CCC(Oc1ccccc1Cl)C(=O)NC1CCCNC1. The molecular weight excluding hydrogens is 276 g/mol. The van der Waals surface area contributed by atoms with Crippen LogP contribution in [-0.2, 0) is 4.79 Å². The summed E-state index contributed by atoms with van der Waals surface area (Å²) in [7, 11) is 0. The second kappa shape index (κ2) is 7.50. The summed E-state index contributed by atoms with van der Waals surface area (Å²) < 4.78 is 5.73. The summed E-state index contributed by atoms with van der Waals surface area (Å²) in [6.45, 7) is 3.79. The van der Waals surface area contributed by atoms with Gasteiger partial charge in [0.05, 0.1) is 5.02 Å². The van der Waals surface area contributed by atoms with Crippen LogP contribution in [-0.4, -0.2) is 31.1 Å². The van der Waals surface area contributed by atoms with E-state index < -0.39 is 6.10 Å². The summed E-state index contributed by atoms with van der Waals surface area (Å²) in [5.74, 6) is 0.485. The third-order valence-electron chi connectivity index (χ3n) is 3.41. The van der Waals surface area contributed by atoms with Crippen molar-refractivity contribution >= 4 is 17.5 Å². The fourth-order valence-corrected chi connectivity index (χ4v) is 2.47. The minimum atomic E-state index is -0.503. The van der Waals surface area contributed by atoms with Crippen LogP contribution in [0.5, 0.6) is 5.75 Å². The van der Waals surface area contributed by atoms with Crippen LogP contribution in [0.3, 0.4) is 0 Å². The second-order valence-electron chi connectivity index (χ2n) is 5.00. The van der Waals surface area contributed by atoms with E-state index in [1.165, 1.54) is 0 Å². The van der Waals surface area contributed by atoms with Crippen LogP contribution in [0.2, 0.25) is 5.02 Å². The largest absolute Gasteiger partial charge is 0.479 e. The van der Waals surface area contributed by atoms with Crippen molar-refractivity contribution in [2.75, 3.05) is 13.1 Å². The third-order valence-corrected chi connectivity index (χ3v) is 3.72. The van der Waals surface area contributed by atoms with Gasteiger partial charge in [-0.1, -0.05) is 30.7 Å². The topological polar surface area (TPSA) is 50.4 Å².